The maximum absolute atomic E-state index is 12.3. The molecule has 2 aromatic carbocycles. The second-order valence-electron chi connectivity index (χ2n) is 5.65. The van der Waals surface area contributed by atoms with E-state index in [4.69, 9.17) is 4.42 Å². The van der Waals surface area contributed by atoms with Crippen molar-refractivity contribution in [2.45, 2.75) is 13.3 Å². The van der Waals surface area contributed by atoms with Crippen LogP contribution in [0.25, 0.3) is 11.5 Å². The van der Waals surface area contributed by atoms with Crippen LogP contribution in [0.2, 0.25) is 0 Å². The number of rotatable bonds is 6. The smallest absolute Gasteiger partial charge is 0.322 e. The average molecular weight is 381 g/mol. The summed E-state index contributed by atoms with van der Waals surface area (Å²) < 4.78 is 5.37. The number of amides is 2. The van der Waals surface area contributed by atoms with Crippen molar-refractivity contribution in [3.05, 3.63) is 64.2 Å². The lowest BCUT2D eigenvalue weighted by atomic mass is 10.2. The molecule has 0 radical (unpaired) electrons. The monoisotopic (exact) mass is 381 g/mol. The lowest BCUT2D eigenvalue weighted by molar-refractivity contribution is -0.384. The molecule has 3 aromatic rings. The summed E-state index contributed by atoms with van der Waals surface area (Å²) in [6.07, 6.45) is 0.358. The summed E-state index contributed by atoms with van der Waals surface area (Å²) in [5.41, 5.74) is 1.34. The number of hydrogen-bond acceptors (Lipinski definition) is 7. The summed E-state index contributed by atoms with van der Waals surface area (Å²) in [6, 6.07) is 11.8. The van der Waals surface area contributed by atoms with Crippen LogP contribution in [-0.4, -0.2) is 26.9 Å². The number of nitro benzene ring substituents is 1. The van der Waals surface area contributed by atoms with Gasteiger partial charge in [-0.25, -0.2) is 0 Å². The molecule has 0 aliphatic heterocycles. The van der Waals surface area contributed by atoms with E-state index in [1.165, 1.54) is 24.3 Å². The Morgan fingerprint density at radius 3 is 2.32 bits per heavy atom. The number of nitrogens with one attached hydrogen (secondary N) is 2. The number of benzene rings is 2. The lowest BCUT2D eigenvalue weighted by Crippen LogP contribution is -2.13. The summed E-state index contributed by atoms with van der Waals surface area (Å²) in [4.78, 5) is 33.8. The first-order valence-corrected chi connectivity index (χ1v) is 8.26. The zero-order valence-electron chi connectivity index (χ0n) is 14.7. The zero-order valence-corrected chi connectivity index (χ0v) is 14.7. The van der Waals surface area contributed by atoms with Crippen molar-refractivity contribution >= 4 is 29.2 Å². The molecule has 3 rings (SSSR count). The molecule has 0 unspecified atom stereocenters. The van der Waals surface area contributed by atoms with Gasteiger partial charge in [0, 0.05) is 35.4 Å². The molecule has 2 N–H and O–H groups in total. The van der Waals surface area contributed by atoms with Gasteiger partial charge in [-0.15, -0.1) is 5.10 Å². The second kappa shape index (κ2) is 8.08. The number of nitrogens with zero attached hydrogens (tertiary/aromatic N) is 3. The SMILES string of the molecule is CCC(=O)Nc1ccc(C(=O)Nc2nnc(-c3ccc([N+](=O)[O-])cc3)o2)cc1. The Bertz CT molecular complexity index is 1010. The van der Waals surface area contributed by atoms with Crippen molar-refractivity contribution in [2.24, 2.45) is 0 Å². The summed E-state index contributed by atoms with van der Waals surface area (Å²) in [6.45, 7) is 1.74. The van der Waals surface area contributed by atoms with Gasteiger partial charge in [-0.1, -0.05) is 12.0 Å². The Morgan fingerprint density at radius 2 is 1.71 bits per heavy atom. The van der Waals surface area contributed by atoms with Gasteiger partial charge in [-0.05, 0) is 36.4 Å². The van der Waals surface area contributed by atoms with Crippen molar-refractivity contribution in [3.8, 4) is 11.5 Å². The molecule has 10 nitrogen and oxygen atoms in total. The first-order chi connectivity index (χ1) is 13.5. The van der Waals surface area contributed by atoms with Crippen molar-refractivity contribution in [2.75, 3.05) is 10.6 Å². The van der Waals surface area contributed by atoms with Gasteiger partial charge in [0.1, 0.15) is 0 Å². The Kier molecular flexibility index (Phi) is 5.40. The Balaban J connectivity index is 1.66. The fourth-order valence-electron chi connectivity index (χ4n) is 2.24. The van der Waals surface area contributed by atoms with Gasteiger partial charge in [-0.3, -0.25) is 25.0 Å². The maximum atomic E-state index is 12.3. The van der Waals surface area contributed by atoms with E-state index in [0.717, 1.165) is 0 Å². The van der Waals surface area contributed by atoms with Crippen LogP contribution in [0.15, 0.2) is 52.9 Å². The van der Waals surface area contributed by atoms with Crippen molar-refractivity contribution in [1.29, 1.82) is 0 Å². The van der Waals surface area contributed by atoms with E-state index in [2.05, 4.69) is 20.8 Å². The highest BCUT2D eigenvalue weighted by molar-refractivity contribution is 6.03. The number of aromatic nitrogens is 2. The van der Waals surface area contributed by atoms with Crippen molar-refractivity contribution in [3.63, 3.8) is 0 Å². The Labute approximate surface area is 158 Å². The Morgan fingerprint density at radius 1 is 1.04 bits per heavy atom. The zero-order chi connectivity index (χ0) is 20.1. The van der Waals surface area contributed by atoms with E-state index in [1.807, 2.05) is 0 Å². The van der Waals surface area contributed by atoms with E-state index < -0.39 is 10.8 Å². The predicted molar refractivity (Wildman–Crippen MR) is 99.7 cm³/mol. The third-order valence-corrected chi connectivity index (χ3v) is 3.72. The summed E-state index contributed by atoms with van der Waals surface area (Å²) >= 11 is 0. The fourth-order valence-corrected chi connectivity index (χ4v) is 2.24. The molecule has 142 valence electrons. The van der Waals surface area contributed by atoms with Crippen molar-refractivity contribution in [1.82, 2.24) is 10.2 Å². The highest BCUT2D eigenvalue weighted by Crippen LogP contribution is 2.23. The summed E-state index contributed by atoms with van der Waals surface area (Å²) in [7, 11) is 0. The second-order valence-corrected chi connectivity index (χ2v) is 5.65. The largest absolute Gasteiger partial charge is 0.403 e. The van der Waals surface area contributed by atoms with Crippen LogP contribution in [-0.2, 0) is 4.79 Å². The minimum Gasteiger partial charge on any atom is -0.403 e. The van der Waals surface area contributed by atoms with Crippen molar-refractivity contribution < 1.29 is 18.9 Å². The molecule has 0 atom stereocenters. The quantitative estimate of drug-likeness (QED) is 0.493. The highest BCUT2D eigenvalue weighted by atomic mass is 16.6. The van der Waals surface area contributed by atoms with E-state index >= 15 is 0 Å². The van der Waals surface area contributed by atoms with Gasteiger partial charge < -0.3 is 9.73 Å². The van der Waals surface area contributed by atoms with Crippen LogP contribution < -0.4 is 10.6 Å². The van der Waals surface area contributed by atoms with Gasteiger partial charge in [0.25, 0.3) is 11.6 Å². The molecule has 0 bridgehead atoms. The lowest BCUT2D eigenvalue weighted by Gasteiger charge is -2.05. The normalized spacial score (nSPS) is 10.3. The molecule has 0 aliphatic rings. The van der Waals surface area contributed by atoms with E-state index in [1.54, 1.807) is 31.2 Å². The molecule has 0 saturated carbocycles. The molecule has 10 heteroatoms. The minimum absolute atomic E-state index is 0.0598. The Hall–Kier alpha value is -4.08. The number of carbonyl (C=O) groups is 2. The fraction of sp³-hybridized carbons (Fsp3) is 0.111. The van der Waals surface area contributed by atoms with Gasteiger partial charge >= 0.3 is 6.01 Å². The maximum Gasteiger partial charge on any atom is 0.322 e. The number of hydrogen-bond donors (Lipinski definition) is 2. The molecule has 0 spiro atoms. The highest BCUT2D eigenvalue weighted by Gasteiger charge is 2.14. The molecular formula is C18H15N5O5. The number of non-ortho nitro benzene ring substituents is 1. The van der Waals surface area contributed by atoms with Crippen LogP contribution in [0.5, 0.6) is 0 Å². The molecule has 2 amide bonds. The van der Waals surface area contributed by atoms with Gasteiger partial charge in [0.05, 0.1) is 4.92 Å². The third kappa shape index (κ3) is 4.36. The number of carbonyl (C=O) groups excluding carboxylic acids is 2. The van der Waals surface area contributed by atoms with E-state index in [-0.39, 0.29) is 23.5 Å². The molecule has 28 heavy (non-hydrogen) atoms. The van der Waals surface area contributed by atoms with Gasteiger partial charge in [0.15, 0.2) is 0 Å². The third-order valence-electron chi connectivity index (χ3n) is 3.72. The minimum atomic E-state index is -0.512. The average Bonchev–Trinajstić information content (AvgIpc) is 3.17. The van der Waals surface area contributed by atoms with Crippen LogP contribution in [0.4, 0.5) is 17.4 Å². The molecule has 0 aliphatic carbocycles. The topological polar surface area (TPSA) is 140 Å². The number of anilines is 2. The van der Waals surface area contributed by atoms with Crippen LogP contribution in [0, 0.1) is 10.1 Å². The van der Waals surface area contributed by atoms with Crippen LogP contribution >= 0.6 is 0 Å². The van der Waals surface area contributed by atoms with Crippen LogP contribution in [0.1, 0.15) is 23.7 Å². The summed E-state index contributed by atoms with van der Waals surface area (Å²) in [5.74, 6) is -0.475. The van der Waals surface area contributed by atoms with Crippen LogP contribution in [0.3, 0.4) is 0 Å². The molecule has 0 saturated heterocycles. The first kappa shape index (κ1) is 18.7. The molecule has 1 heterocycles. The van der Waals surface area contributed by atoms with Gasteiger partial charge in [-0.2, -0.15) is 0 Å². The molecular weight excluding hydrogens is 366 g/mol. The first-order valence-electron chi connectivity index (χ1n) is 8.26. The summed E-state index contributed by atoms with van der Waals surface area (Å²) in [5, 5.41) is 23.4. The van der Waals surface area contributed by atoms with E-state index in [9.17, 15) is 19.7 Å². The van der Waals surface area contributed by atoms with Gasteiger partial charge in [0.2, 0.25) is 11.8 Å². The number of nitro groups is 1. The standard InChI is InChI=1S/C18H15N5O5/c1-2-15(24)19-13-7-3-11(4-8-13)16(25)20-18-22-21-17(28-18)12-5-9-14(10-6-12)23(26)27/h3-10H,2H2,1H3,(H,19,24)(H,20,22,25). The van der Waals surface area contributed by atoms with E-state index in [0.29, 0.717) is 23.2 Å². The molecule has 1 aromatic heterocycles. The predicted octanol–water partition coefficient (Wildman–Crippen LogP) is 3.25. The molecule has 0 fully saturated rings.